The van der Waals surface area contributed by atoms with Gasteiger partial charge in [0.2, 0.25) is 5.88 Å². The van der Waals surface area contributed by atoms with Crippen molar-refractivity contribution in [3.8, 4) is 5.88 Å². The summed E-state index contributed by atoms with van der Waals surface area (Å²) in [6.45, 7) is 1.71. The van der Waals surface area contributed by atoms with Crippen LogP contribution in [0, 0.1) is 12.7 Å². The van der Waals surface area contributed by atoms with E-state index in [4.69, 9.17) is 10.5 Å². The Hall–Kier alpha value is -2.30. The number of nitrogens with two attached hydrogens (primary N) is 1. The molecular weight excluding hydrogens is 233 g/mol. The van der Waals surface area contributed by atoms with Crippen molar-refractivity contribution in [1.29, 1.82) is 0 Å². The second-order valence-corrected chi connectivity index (χ2v) is 3.86. The van der Waals surface area contributed by atoms with Crippen molar-refractivity contribution >= 4 is 17.2 Å². The third-order valence-electron chi connectivity index (χ3n) is 2.54. The van der Waals surface area contributed by atoms with Crippen LogP contribution in [0.15, 0.2) is 30.3 Å². The van der Waals surface area contributed by atoms with Gasteiger partial charge in [0.05, 0.1) is 18.5 Å². The maximum absolute atomic E-state index is 13.8. The predicted octanol–water partition coefficient (Wildman–Crippen LogP) is 2.86. The Balaban J connectivity index is 2.31. The van der Waals surface area contributed by atoms with Crippen molar-refractivity contribution in [2.45, 2.75) is 6.92 Å². The summed E-state index contributed by atoms with van der Waals surface area (Å²) in [5.74, 6) is 0.494. The maximum atomic E-state index is 13.8. The predicted molar refractivity (Wildman–Crippen MR) is 69.6 cm³/mol. The number of halogens is 1. The van der Waals surface area contributed by atoms with Crippen molar-refractivity contribution in [2.75, 3.05) is 18.2 Å². The second-order valence-electron chi connectivity index (χ2n) is 3.86. The first kappa shape index (κ1) is 12.2. The number of hydrogen-bond donors (Lipinski definition) is 2. The van der Waals surface area contributed by atoms with Gasteiger partial charge in [-0.2, -0.15) is 4.98 Å². The zero-order valence-corrected chi connectivity index (χ0v) is 10.2. The lowest BCUT2D eigenvalue weighted by molar-refractivity contribution is 0.401. The molecule has 18 heavy (non-hydrogen) atoms. The SMILES string of the molecule is COc1nc(Nc2cccc(C)c2F)ccc1N. The number of nitrogens with zero attached hydrogens (tertiary/aromatic N) is 1. The fourth-order valence-corrected chi connectivity index (χ4v) is 1.57. The highest BCUT2D eigenvalue weighted by atomic mass is 19.1. The van der Waals surface area contributed by atoms with Crippen LogP contribution >= 0.6 is 0 Å². The summed E-state index contributed by atoms with van der Waals surface area (Å²) >= 11 is 0. The van der Waals surface area contributed by atoms with E-state index in [0.29, 0.717) is 28.6 Å². The van der Waals surface area contributed by atoms with Gasteiger partial charge in [-0.3, -0.25) is 0 Å². The highest BCUT2D eigenvalue weighted by Gasteiger charge is 2.07. The zero-order chi connectivity index (χ0) is 13.1. The Labute approximate surface area is 105 Å². The highest BCUT2D eigenvalue weighted by Crippen LogP contribution is 2.25. The number of methoxy groups -OCH3 is 1. The Kier molecular flexibility index (Phi) is 3.32. The lowest BCUT2D eigenvalue weighted by Crippen LogP contribution is -2.01. The number of aryl methyl sites for hydroxylation is 1. The van der Waals surface area contributed by atoms with E-state index in [1.807, 2.05) is 0 Å². The van der Waals surface area contributed by atoms with E-state index in [-0.39, 0.29) is 5.82 Å². The Morgan fingerprint density at radius 2 is 2.06 bits per heavy atom. The Morgan fingerprint density at radius 1 is 1.28 bits per heavy atom. The van der Waals surface area contributed by atoms with Gasteiger partial charge < -0.3 is 15.8 Å². The van der Waals surface area contributed by atoms with Gasteiger partial charge in [-0.25, -0.2) is 4.39 Å². The van der Waals surface area contributed by atoms with Gasteiger partial charge in [0.25, 0.3) is 0 Å². The van der Waals surface area contributed by atoms with E-state index >= 15 is 0 Å². The molecule has 0 aliphatic rings. The molecule has 0 bridgehead atoms. The fourth-order valence-electron chi connectivity index (χ4n) is 1.57. The maximum Gasteiger partial charge on any atom is 0.238 e. The first-order chi connectivity index (χ1) is 8.61. The topological polar surface area (TPSA) is 60.2 Å². The Bertz CT molecular complexity index is 572. The molecule has 0 saturated heterocycles. The summed E-state index contributed by atoms with van der Waals surface area (Å²) in [5.41, 5.74) is 7.04. The van der Waals surface area contributed by atoms with Crippen molar-refractivity contribution in [3.05, 3.63) is 41.7 Å². The molecule has 0 aliphatic heterocycles. The molecule has 0 saturated carbocycles. The summed E-state index contributed by atoms with van der Waals surface area (Å²) in [5, 5.41) is 2.89. The van der Waals surface area contributed by atoms with Crippen LogP contribution in [0.25, 0.3) is 0 Å². The summed E-state index contributed by atoms with van der Waals surface area (Å²) < 4.78 is 18.8. The van der Waals surface area contributed by atoms with E-state index in [1.165, 1.54) is 7.11 Å². The first-order valence-electron chi connectivity index (χ1n) is 5.44. The number of ether oxygens (including phenoxy) is 1. The average Bonchev–Trinajstić information content (AvgIpc) is 2.37. The quantitative estimate of drug-likeness (QED) is 0.875. The molecule has 2 aromatic rings. The minimum atomic E-state index is -0.296. The summed E-state index contributed by atoms with van der Waals surface area (Å²) in [4.78, 5) is 4.13. The smallest absolute Gasteiger partial charge is 0.238 e. The molecule has 1 aromatic carbocycles. The normalized spacial score (nSPS) is 10.2. The minimum absolute atomic E-state index is 0.296. The molecule has 0 amide bonds. The molecule has 0 fully saturated rings. The van der Waals surface area contributed by atoms with E-state index in [2.05, 4.69) is 10.3 Å². The van der Waals surface area contributed by atoms with E-state index in [0.717, 1.165) is 0 Å². The standard InChI is InChI=1S/C13H14FN3O/c1-8-4-3-5-10(12(8)14)16-11-7-6-9(15)13(17-11)18-2/h3-7H,15H2,1-2H3,(H,16,17). The molecule has 0 spiro atoms. The molecule has 94 valence electrons. The van der Waals surface area contributed by atoms with E-state index < -0.39 is 0 Å². The van der Waals surface area contributed by atoms with Crippen LogP contribution in [0.4, 0.5) is 21.6 Å². The van der Waals surface area contributed by atoms with Gasteiger partial charge >= 0.3 is 0 Å². The molecule has 0 aliphatic carbocycles. The summed E-state index contributed by atoms with van der Waals surface area (Å²) in [6, 6.07) is 8.45. The molecule has 1 heterocycles. The first-order valence-corrected chi connectivity index (χ1v) is 5.44. The number of rotatable bonds is 3. The van der Waals surface area contributed by atoms with Crippen molar-refractivity contribution in [2.24, 2.45) is 0 Å². The van der Waals surface area contributed by atoms with Crippen LogP contribution in [-0.2, 0) is 0 Å². The van der Waals surface area contributed by atoms with Gasteiger partial charge in [0, 0.05) is 0 Å². The number of nitrogen functional groups attached to an aromatic ring is 1. The molecule has 5 heteroatoms. The summed E-state index contributed by atoms with van der Waals surface area (Å²) in [7, 11) is 1.48. The number of benzene rings is 1. The lowest BCUT2D eigenvalue weighted by atomic mass is 10.2. The van der Waals surface area contributed by atoms with Crippen LogP contribution < -0.4 is 15.8 Å². The largest absolute Gasteiger partial charge is 0.479 e. The van der Waals surface area contributed by atoms with Gasteiger partial charge in [0.1, 0.15) is 11.6 Å². The zero-order valence-electron chi connectivity index (χ0n) is 10.2. The van der Waals surface area contributed by atoms with Crippen LogP contribution in [0.3, 0.4) is 0 Å². The number of nitrogens with one attached hydrogen (secondary N) is 1. The second kappa shape index (κ2) is 4.91. The van der Waals surface area contributed by atoms with Gasteiger partial charge in [-0.1, -0.05) is 12.1 Å². The number of aromatic nitrogens is 1. The van der Waals surface area contributed by atoms with Crippen LogP contribution in [0.5, 0.6) is 5.88 Å². The van der Waals surface area contributed by atoms with E-state index in [9.17, 15) is 4.39 Å². The number of pyridine rings is 1. The molecule has 0 radical (unpaired) electrons. The molecule has 1 aromatic heterocycles. The van der Waals surface area contributed by atoms with Gasteiger partial charge in [-0.05, 0) is 30.7 Å². The average molecular weight is 247 g/mol. The third-order valence-corrected chi connectivity index (χ3v) is 2.54. The van der Waals surface area contributed by atoms with E-state index in [1.54, 1.807) is 37.3 Å². The fraction of sp³-hybridized carbons (Fsp3) is 0.154. The molecule has 0 unspecified atom stereocenters. The third kappa shape index (κ3) is 2.34. The summed E-state index contributed by atoms with van der Waals surface area (Å²) in [6.07, 6.45) is 0. The van der Waals surface area contributed by atoms with Gasteiger partial charge in [-0.15, -0.1) is 0 Å². The van der Waals surface area contributed by atoms with Crippen LogP contribution in [-0.4, -0.2) is 12.1 Å². The van der Waals surface area contributed by atoms with Crippen molar-refractivity contribution in [3.63, 3.8) is 0 Å². The monoisotopic (exact) mass is 247 g/mol. The minimum Gasteiger partial charge on any atom is -0.479 e. The Morgan fingerprint density at radius 3 is 2.78 bits per heavy atom. The van der Waals surface area contributed by atoms with Gasteiger partial charge in [0.15, 0.2) is 0 Å². The molecule has 4 nitrogen and oxygen atoms in total. The molecule has 0 atom stereocenters. The number of hydrogen-bond acceptors (Lipinski definition) is 4. The van der Waals surface area contributed by atoms with Crippen LogP contribution in [0.1, 0.15) is 5.56 Å². The van der Waals surface area contributed by atoms with Crippen LogP contribution in [0.2, 0.25) is 0 Å². The molecular formula is C13H14FN3O. The van der Waals surface area contributed by atoms with Crippen molar-refractivity contribution in [1.82, 2.24) is 4.98 Å². The highest BCUT2D eigenvalue weighted by molar-refractivity contribution is 5.61. The number of anilines is 3. The van der Waals surface area contributed by atoms with Crippen molar-refractivity contribution < 1.29 is 9.13 Å². The lowest BCUT2D eigenvalue weighted by Gasteiger charge is -2.10. The molecule has 3 N–H and O–H groups in total. The molecule has 2 rings (SSSR count).